The number of aromatic nitrogens is 1. The van der Waals surface area contributed by atoms with Gasteiger partial charge in [-0.1, -0.05) is 11.6 Å². The zero-order valence-corrected chi connectivity index (χ0v) is 12.1. The molecule has 4 nitrogen and oxygen atoms in total. The number of benzene rings is 1. The number of amides is 1. The van der Waals surface area contributed by atoms with Crippen molar-refractivity contribution in [3.8, 4) is 0 Å². The van der Waals surface area contributed by atoms with Crippen LogP contribution in [-0.2, 0) is 0 Å². The molecule has 2 aromatic rings. The molecule has 1 aromatic heterocycles. The fourth-order valence-corrected chi connectivity index (χ4v) is 1.92. The minimum atomic E-state index is -0.787. The van der Waals surface area contributed by atoms with E-state index in [-0.39, 0.29) is 26.6 Å². The molecule has 0 unspecified atom stereocenters. The molecule has 8 heteroatoms. The van der Waals surface area contributed by atoms with Crippen molar-refractivity contribution in [2.24, 2.45) is 0 Å². The minimum Gasteiger partial charge on any atom is -0.397 e. The van der Waals surface area contributed by atoms with Gasteiger partial charge < -0.3 is 11.1 Å². The molecule has 0 atom stereocenters. The Morgan fingerprint density at radius 3 is 2.70 bits per heavy atom. The second kappa shape index (κ2) is 5.72. The Bertz CT molecular complexity index is 697. The molecule has 1 aromatic carbocycles. The number of carbonyl (C=O) groups excluding carboxylic acids is 1. The van der Waals surface area contributed by atoms with E-state index in [0.717, 1.165) is 12.1 Å². The summed E-state index contributed by atoms with van der Waals surface area (Å²) in [6.07, 6.45) is 1.20. The lowest BCUT2D eigenvalue weighted by atomic mass is 10.2. The number of nitrogens with two attached hydrogens (primary N) is 1. The van der Waals surface area contributed by atoms with Crippen molar-refractivity contribution >= 4 is 44.8 Å². The summed E-state index contributed by atoms with van der Waals surface area (Å²) in [6.45, 7) is 0. The molecule has 0 aliphatic carbocycles. The van der Waals surface area contributed by atoms with E-state index < -0.39 is 17.5 Å². The number of halogens is 4. The first-order valence-electron chi connectivity index (χ1n) is 5.25. The molecule has 0 saturated heterocycles. The normalized spacial score (nSPS) is 10.4. The highest BCUT2D eigenvalue weighted by Gasteiger charge is 2.15. The van der Waals surface area contributed by atoms with Crippen LogP contribution in [0.4, 0.5) is 20.2 Å². The smallest absolute Gasteiger partial charge is 0.258 e. The lowest BCUT2D eigenvalue weighted by Gasteiger charge is -2.09. The number of pyridine rings is 1. The molecule has 0 radical (unpaired) electrons. The highest BCUT2D eigenvalue weighted by atomic mass is 79.9. The van der Waals surface area contributed by atoms with Gasteiger partial charge in [0.25, 0.3) is 5.91 Å². The van der Waals surface area contributed by atoms with E-state index in [9.17, 15) is 13.6 Å². The molecule has 0 fully saturated rings. The Morgan fingerprint density at radius 1 is 1.30 bits per heavy atom. The SMILES string of the molecule is Nc1cnc(Cl)cc1C(=O)Nc1cc(F)c(Br)cc1F. The van der Waals surface area contributed by atoms with Crippen molar-refractivity contribution in [1.29, 1.82) is 0 Å². The molecule has 0 bridgehead atoms. The minimum absolute atomic E-state index is 0.0210. The molecule has 104 valence electrons. The number of nitrogen functional groups attached to an aromatic ring is 1. The summed E-state index contributed by atoms with van der Waals surface area (Å²) in [6, 6.07) is 3.00. The van der Waals surface area contributed by atoms with Crippen LogP contribution in [0.3, 0.4) is 0 Å². The zero-order valence-electron chi connectivity index (χ0n) is 9.75. The van der Waals surface area contributed by atoms with Gasteiger partial charge in [-0.2, -0.15) is 0 Å². The number of anilines is 2. The predicted octanol–water partition coefficient (Wildman–Crippen LogP) is 3.61. The molecule has 1 amide bonds. The Labute approximate surface area is 126 Å². The summed E-state index contributed by atoms with van der Waals surface area (Å²) < 4.78 is 26.9. The van der Waals surface area contributed by atoms with Gasteiger partial charge in [0.1, 0.15) is 16.8 Å². The van der Waals surface area contributed by atoms with E-state index >= 15 is 0 Å². The Hall–Kier alpha value is -1.73. The first-order valence-corrected chi connectivity index (χ1v) is 6.42. The van der Waals surface area contributed by atoms with E-state index in [1.54, 1.807) is 0 Å². The molecule has 1 heterocycles. The molecule has 0 aliphatic rings. The molecule has 0 aliphatic heterocycles. The van der Waals surface area contributed by atoms with E-state index in [1.807, 2.05) is 0 Å². The van der Waals surface area contributed by atoms with Crippen LogP contribution in [0.15, 0.2) is 28.9 Å². The van der Waals surface area contributed by atoms with Gasteiger partial charge in [0.2, 0.25) is 0 Å². The lowest BCUT2D eigenvalue weighted by molar-refractivity contribution is 0.102. The number of carbonyl (C=O) groups is 1. The third kappa shape index (κ3) is 3.05. The van der Waals surface area contributed by atoms with Crippen molar-refractivity contribution in [3.05, 3.63) is 51.2 Å². The summed E-state index contributed by atoms with van der Waals surface area (Å²) >= 11 is 8.49. The summed E-state index contributed by atoms with van der Waals surface area (Å²) in [5.74, 6) is -2.21. The van der Waals surface area contributed by atoms with E-state index in [4.69, 9.17) is 17.3 Å². The van der Waals surface area contributed by atoms with Crippen molar-refractivity contribution in [2.75, 3.05) is 11.1 Å². The van der Waals surface area contributed by atoms with Crippen LogP contribution in [0.1, 0.15) is 10.4 Å². The van der Waals surface area contributed by atoms with Crippen LogP contribution in [0.5, 0.6) is 0 Å². The number of nitrogens with one attached hydrogen (secondary N) is 1. The van der Waals surface area contributed by atoms with Gasteiger partial charge in [0, 0.05) is 6.07 Å². The first-order chi connectivity index (χ1) is 9.38. The second-order valence-corrected chi connectivity index (χ2v) is 5.04. The highest BCUT2D eigenvalue weighted by Crippen LogP contribution is 2.24. The molecule has 2 rings (SSSR count). The topological polar surface area (TPSA) is 68.0 Å². The van der Waals surface area contributed by atoms with E-state index in [1.165, 1.54) is 12.3 Å². The quantitative estimate of drug-likeness (QED) is 0.633. The molecular formula is C12H7BrClF2N3O. The predicted molar refractivity (Wildman–Crippen MR) is 75.7 cm³/mol. The second-order valence-electron chi connectivity index (χ2n) is 3.79. The largest absolute Gasteiger partial charge is 0.397 e. The van der Waals surface area contributed by atoms with Crippen LogP contribution >= 0.6 is 27.5 Å². The van der Waals surface area contributed by atoms with Gasteiger partial charge in [0.15, 0.2) is 0 Å². The summed E-state index contributed by atoms with van der Waals surface area (Å²) in [5.41, 5.74) is 5.37. The van der Waals surface area contributed by atoms with Crippen LogP contribution < -0.4 is 11.1 Å². The molecule has 3 N–H and O–H groups in total. The van der Waals surface area contributed by atoms with E-state index in [2.05, 4.69) is 26.2 Å². The Kier molecular flexibility index (Phi) is 4.20. The standard InChI is InChI=1S/C12H7BrClF2N3O/c13-6-2-8(16)10(3-7(6)15)19-12(20)5-1-11(14)18-4-9(5)17/h1-4H,17H2,(H,19,20). The van der Waals surface area contributed by atoms with Gasteiger partial charge in [-0.25, -0.2) is 13.8 Å². The summed E-state index contributed by atoms with van der Waals surface area (Å²) in [5, 5.41) is 2.28. The Morgan fingerprint density at radius 2 is 2.00 bits per heavy atom. The van der Waals surface area contributed by atoms with Gasteiger partial charge in [0.05, 0.1) is 27.6 Å². The fourth-order valence-electron chi connectivity index (χ4n) is 1.45. The van der Waals surface area contributed by atoms with Gasteiger partial charge in [-0.15, -0.1) is 0 Å². The number of rotatable bonds is 2. The van der Waals surface area contributed by atoms with Gasteiger partial charge >= 0.3 is 0 Å². The average molecular weight is 363 g/mol. The molecule has 0 spiro atoms. The molecule has 20 heavy (non-hydrogen) atoms. The number of nitrogens with zero attached hydrogens (tertiary/aromatic N) is 1. The lowest BCUT2D eigenvalue weighted by Crippen LogP contribution is -2.15. The number of hydrogen-bond acceptors (Lipinski definition) is 3. The zero-order chi connectivity index (χ0) is 14.9. The average Bonchev–Trinajstić information content (AvgIpc) is 2.38. The monoisotopic (exact) mass is 361 g/mol. The van der Waals surface area contributed by atoms with Crippen molar-refractivity contribution in [1.82, 2.24) is 4.98 Å². The van der Waals surface area contributed by atoms with Crippen LogP contribution in [0.2, 0.25) is 5.15 Å². The maximum Gasteiger partial charge on any atom is 0.258 e. The van der Waals surface area contributed by atoms with Gasteiger partial charge in [-0.3, -0.25) is 4.79 Å². The van der Waals surface area contributed by atoms with Crippen molar-refractivity contribution in [2.45, 2.75) is 0 Å². The van der Waals surface area contributed by atoms with Crippen LogP contribution in [0, 0.1) is 11.6 Å². The Balaban J connectivity index is 2.32. The number of hydrogen-bond donors (Lipinski definition) is 2. The summed E-state index contributed by atoms with van der Waals surface area (Å²) in [7, 11) is 0. The molecular weight excluding hydrogens is 356 g/mol. The van der Waals surface area contributed by atoms with Crippen LogP contribution in [-0.4, -0.2) is 10.9 Å². The van der Waals surface area contributed by atoms with Gasteiger partial charge in [-0.05, 0) is 28.1 Å². The molecule has 0 saturated carbocycles. The maximum absolute atomic E-state index is 13.6. The third-order valence-corrected chi connectivity index (χ3v) is 3.22. The van der Waals surface area contributed by atoms with E-state index in [0.29, 0.717) is 0 Å². The highest BCUT2D eigenvalue weighted by molar-refractivity contribution is 9.10. The van der Waals surface area contributed by atoms with Crippen molar-refractivity contribution in [3.63, 3.8) is 0 Å². The van der Waals surface area contributed by atoms with Crippen LogP contribution in [0.25, 0.3) is 0 Å². The third-order valence-electron chi connectivity index (χ3n) is 2.40. The summed E-state index contributed by atoms with van der Waals surface area (Å²) in [4.78, 5) is 15.6. The fraction of sp³-hybridized carbons (Fsp3) is 0. The first kappa shape index (κ1) is 14.7. The van der Waals surface area contributed by atoms with Crippen molar-refractivity contribution < 1.29 is 13.6 Å². The maximum atomic E-state index is 13.6.